The maximum atomic E-state index is 10.9. The smallest absolute Gasteiger partial charge is 0.412 e. The SMILES string of the molecule is O=C(O)C1C2=CC=CC2=CN1C(=O)O. The molecule has 0 bridgehead atoms. The second-order valence-corrected chi connectivity index (χ2v) is 3.00. The molecule has 1 atom stereocenters. The maximum Gasteiger partial charge on any atom is 0.412 e. The first kappa shape index (κ1) is 8.55. The Balaban J connectivity index is 2.41. The molecule has 5 nitrogen and oxygen atoms in total. The number of nitrogens with zero attached hydrogens (tertiary/aromatic N) is 1. The lowest BCUT2D eigenvalue weighted by Gasteiger charge is -2.16. The van der Waals surface area contributed by atoms with Crippen molar-refractivity contribution in [3.8, 4) is 0 Å². The van der Waals surface area contributed by atoms with Crippen LogP contribution in [0.3, 0.4) is 0 Å². The Hall–Kier alpha value is -2.04. The van der Waals surface area contributed by atoms with Gasteiger partial charge in [-0.1, -0.05) is 18.2 Å². The van der Waals surface area contributed by atoms with E-state index in [9.17, 15) is 9.59 Å². The Morgan fingerprint density at radius 2 is 2.07 bits per heavy atom. The molecule has 72 valence electrons. The number of carboxylic acids is 1. The van der Waals surface area contributed by atoms with Crippen molar-refractivity contribution in [2.75, 3.05) is 0 Å². The quantitative estimate of drug-likeness (QED) is 0.646. The van der Waals surface area contributed by atoms with Gasteiger partial charge in [-0.05, 0) is 11.1 Å². The highest BCUT2D eigenvalue weighted by molar-refractivity contribution is 5.88. The van der Waals surface area contributed by atoms with E-state index in [1.54, 1.807) is 18.2 Å². The zero-order valence-electron chi connectivity index (χ0n) is 7.04. The van der Waals surface area contributed by atoms with Gasteiger partial charge in [0.15, 0.2) is 6.04 Å². The standard InChI is InChI=1S/C9H7NO4/c11-8(12)7-6-3-1-2-5(6)4-10(7)9(13)14/h1-4,7H,(H,11,12)(H,13,14). The van der Waals surface area contributed by atoms with Crippen molar-refractivity contribution in [3.63, 3.8) is 0 Å². The average molecular weight is 193 g/mol. The van der Waals surface area contributed by atoms with Gasteiger partial charge in [0.2, 0.25) is 0 Å². The molecule has 2 N–H and O–H groups in total. The molecule has 5 heteroatoms. The first-order valence-corrected chi connectivity index (χ1v) is 3.96. The first-order valence-electron chi connectivity index (χ1n) is 3.96. The second kappa shape index (κ2) is 2.73. The topological polar surface area (TPSA) is 77.8 Å². The van der Waals surface area contributed by atoms with Gasteiger partial charge in [0.1, 0.15) is 0 Å². The molecule has 2 rings (SSSR count). The predicted molar refractivity (Wildman–Crippen MR) is 46.6 cm³/mol. The molecular formula is C9H7NO4. The summed E-state index contributed by atoms with van der Waals surface area (Å²) >= 11 is 0. The number of hydrogen-bond acceptors (Lipinski definition) is 2. The van der Waals surface area contributed by atoms with Gasteiger partial charge in [-0.25, -0.2) is 9.59 Å². The maximum absolute atomic E-state index is 10.9. The van der Waals surface area contributed by atoms with E-state index in [0.29, 0.717) is 11.1 Å². The minimum atomic E-state index is -1.26. The minimum absolute atomic E-state index is 0.528. The summed E-state index contributed by atoms with van der Waals surface area (Å²) in [6, 6.07) is -1.10. The molecule has 1 aliphatic heterocycles. The van der Waals surface area contributed by atoms with Crippen LogP contribution in [0.25, 0.3) is 0 Å². The van der Waals surface area contributed by atoms with Gasteiger partial charge in [0, 0.05) is 6.20 Å². The number of carboxylic acid groups (broad SMARTS) is 2. The van der Waals surface area contributed by atoms with Crippen LogP contribution in [0.1, 0.15) is 0 Å². The molecule has 0 radical (unpaired) electrons. The van der Waals surface area contributed by atoms with Crippen LogP contribution < -0.4 is 0 Å². The second-order valence-electron chi connectivity index (χ2n) is 3.00. The number of aliphatic carboxylic acids is 1. The number of amides is 1. The fourth-order valence-corrected chi connectivity index (χ4v) is 1.61. The van der Waals surface area contributed by atoms with E-state index in [0.717, 1.165) is 4.90 Å². The Bertz CT molecular complexity index is 405. The number of fused-ring (bicyclic) bond motifs is 1. The first-order chi connectivity index (χ1) is 6.61. The summed E-state index contributed by atoms with van der Waals surface area (Å²) in [7, 11) is 0. The molecule has 0 aromatic heterocycles. The minimum Gasteiger partial charge on any atom is -0.479 e. The number of hydrogen-bond donors (Lipinski definition) is 2. The van der Waals surface area contributed by atoms with Gasteiger partial charge in [-0.3, -0.25) is 4.90 Å². The van der Waals surface area contributed by atoms with Gasteiger partial charge in [-0.15, -0.1) is 0 Å². The van der Waals surface area contributed by atoms with Crippen LogP contribution in [0.2, 0.25) is 0 Å². The van der Waals surface area contributed by atoms with Crippen molar-refractivity contribution >= 4 is 12.1 Å². The molecule has 0 saturated carbocycles. The third-order valence-corrected chi connectivity index (χ3v) is 2.19. The molecule has 0 fully saturated rings. The van der Waals surface area contributed by atoms with Crippen molar-refractivity contribution in [2.45, 2.75) is 6.04 Å². The number of rotatable bonds is 1. The molecule has 14 heavy (non-hydrogen) atoms. The van der Waals surface area contributed by atoms with Gasteiger partial charge in [0.05, 0.1) is 0 Å². The lowest BCUT2D eigenvalue weighted by molar-refractivity contribution is -0.140. The molecule has 1 unspecified atom stereocenters. The highest BCUT2D eigenvalue weighted by Crippen LogP contribution is 2.32. The zero-order valence-corrected chi connectivity index (χ0v) is 7.04. The molecule has 1 heterocycles. The lowest BCUT2D eigenvalue weighted by atomic mass is 10.1. The third kappa shape index (κ3) is 1.02. The predicted octanol–water partition coefficient (Wildman–Crippen LogP) is 0.813. The van der Waals surface area contributed by atoms with Crippen LogP contribution in [0.5, 0.6) is 0 Å². The van der Waals surface area contributed by atoms with Crippen LogP contribution >= 0.6 is 0 Å². The van der Waals surface area contributed by atoms with Crippen molar-refractivity contribution in [1.29, 1.82) is 0 Å². The van der Waals surface area contributed by atoms with E-state index < -0.39 is 18.1 Å². The summed E-state index contributed by atoms with van der Waals surface area (Å²) in [5.41, 5.74) is 1.18. The fourth-order valence-electron chi connectivity index (χ4n) is 1.61. The summed E-state index contributed by atoms with van der Waals surface area (Å²) in [5, 5.41) is 17.6. The zero-order chi connectivity index (χ0) is 10.3. The van der Waals surface area contributed by atoms with Crippen molar-refractivity contribution < 1.29 is 19.8 Å². The molecule has 0 saturated heterocycles. The van der Waals surface area contributed by atoms with Crippen molar-refractivity contribution in [2.24, 2.45) is 0 Å². The number of allylic oxidation sites excluding steroid dienone is 3. The third-order valence-electron chi connectivity index (χ3n) is 2.19. The van der Waals surface area contributed by atoms with E-state index in [4.69, 9.17) is 10.2 Å². The molecule has 1 aliphatic carbocycles. The van der Waals surface area contributed by atoms with Gasteiger partial charge < -0.3 is 10.2 Å². The summed E-state index contributed by atoms with van der Waals surface area (Å²) in [5.74, 6) is -1.16. The highest BCUT2D eigenvalue weighted by atomic mass is 16.4. The van der Waals surface area contributed by atoms with Crippen molar-refractivity contribution in [3.05, 3.63) is 35.6 Å². The normalized spacial score (nSPS) is 23.1. The van der Waals surface area contributed by atoms with E-state index >= 15 is 0 Å². The fraction of sp³-hybridized carbons (Fsp3) is 0.111. The van der Waals surface area contributed by atoms with Crippen LogP contribution in [-0.2, 0) is 4.79 Å². The molecule has 0 aromatic rings. The largest absolute Gasteiger partial charge is 0.479 e. The summed E-state index contributed by atoms with van der Waals surface area (Å²) in [4.78, 5) is 22.4. The molecule has 0 aromatic carbocycles. The summed E-state index contributed by atoms with van der Waals surface area (Å²) in [6.07, 6.45) is 5.09. The van der Waals surface area contributed by atoms with E-state index in [1.165, 1.54) is 6.20 Å². The van der Waals surface area contributed by atoms with E-state index in [2.05, 4.69) is 0 Å². The van der Waals surface area contributed by atoms with E-state index in [-0.39, 0.29) is 0 Å². The lowest BCUT2D eigenvalue weighted by Crippen LogP contribution is -2.38. The van der Waals surface area contributed by atoms with Crippen LogP contribution in [-0.4, -0.2) is 33.2 Å². The Morgan fingerprint density at radius 1 is 1.36 bits per heavy atom. The Morgan fingerprint density at radius 3 is 2.64 bits per heavy atom. The summed E-state index contributed by atoms with van der Waals surface area (Å²) < 4.78 is 0. The van der Waals surface area contributed by atoms with Gasteiger partial charge in [-0.2, -0.15) is 0 Å². The van der Waals surface area contributed by atoms with Gasteiger partial charge >= 0.3 is 12.1 Å². The average Bonchev–Trinajstić information content (AvgIpc) is 2.58. The molecular weight excluding hydrogens is 186 g/mol. The molecule has 2 aliphatic rings. The Kier molecular flexibility index (Phi) is 1.67. The molecule has 0 spiro atoms. The summed E-state index contributed by atoms with van der Waals surface area (Å²) in [6.45, 7) is 0. The number of carbonyl (C=O) groups is 2. The monoisotopic (exact) mass is 193 g/mol. The molecule has 1 amide bonds. The van der Waals surface area contributed by atoms with Crippen LogP contribution in [0, 0.1) is 0 Å². The van der Waals surface area contributed by atoms with E-state index in [1.807, 2.05) is 0 Å². The highest BCUT2D eigenvalue weighted by Gasteiger charge is 2.38. The van der Waals surface area contributed by atoms with Crippen molar-refractivity contribution in [1.82, 2.24) is 4.90 Å². The van der Waals surface area contributed by atoms with Gasteiger partial charge in [0.25, 0.3) is 0 Å². The van der Waals surface area contributed by atoms with Crippen LogP contribution in [0.15, 0.2) is 35.6 Å². The van der Waals surface area contributed by atoms with Crippen LogP contribution in [0.4, 0.5) is 4.79 Å². The Labute approximate surface area is 79.2 Å².